The lowest BCUT2D eigenvalue weighted by Crippen LogP contribution is -2.29. The lowest BCUT2D eigenvalue weighted by atomic mass is 10.2. The van der Waals surface area contributed by atoms with Crippen molar-refractivity contribution >= 4 is 17.4 Å². The topological polar surface area (TPSA) is 53.9 Å². The maximum atomic E-state index is 12.5. The summed E-state index contributed by atoms with van der Waals surface area (Å²) in [5.41, 5.74) is -0.816. The number of nitrogens with one attached hydrogen (secondary N) is 1. The van der Waals surface area contributed by atoms with Gasteiger partial charge in [0, 0.05) is 38.2 Å². The van der Waals surface area contributed by atoms with Crippen LogP contribution in [0.3, 0.4) is 0 Å². The summed E-state index contributed by atoms with van der Waals surface area (Å²) in [5.74, 6) is 0.424. The van der Waals surface area contributed by atoms with E-state index >= 15 is 0 Å². The van der Waals surface area contributed by atoms with E-state index in [9.17, 15) is 13.2 Å². The van der Waals surface area contributed by atoms with Gasteiger partial charge in [-0.25, -0.2) is 4.98 Å². The first kappa shape index (κ1) is 18.4. The predicted octanol–water partition coefficient (Wildman–Crippen LogP) is 3.03. The van der Waals surface area contributed by atoms with Crippen LogP contribution in [0, 0.1) is 0 Å². The lowest BCUT2D eigenvalue weighted by molar-refractivity contribution is -0.137. The van der Waals surface area contributed by atoms with Gasteiger partial charge in [-0.05, 0) is 31.2 Å². The number of pyridine rings is 1. The maximum Gasteiger partial charge on any atom is 0.417 e. The number of hydrogen-bond donors (Lipinski definition) is 1. The molecule has 0 atom stereocenters. The summed E-state index contributed by atoms with van der Waals surface area (Å²) in [6, 6.07) is 4.59. The fourth-order valence-corrected chi connectivity index (χ4v) is 2.42. The van der Waals surface area contributed by atoms with Gasteiger partial charge in [0.15, 0.2) is 0 Å². The number of aromatic nitrogens is 3. The summed E-state index contributed by atoms with van der Waals surface area (Å²) < 4.78 is 37.5. The first-order valence-corrected chi connectivity index (χ1v) is 7.76. The molecule has 130 valence electrons. The molecule has 0 spiro atoms. The molecule has 3 rings (SSSR count). The zero-order valence-electron chi connectivity index (χ0n) is 12.8. The third kappa shape index (κ3) is 5.61. The molecule has 1 aliphatic rings. The maximum absolute atomic E-state index is 12.5. The highest BCUT2D eigenvalue weighted by atomic mass is 35.5. The van der Waals surface area contributed by atoms with Crippen LogP contribution in [-0.2, 0) is 6.18 Å². The van der Waals surface area contributed by atoms with Crippen molar-refractivity contribution in [2.75, 3.05) is 31.1 Å². The van der Waals surface area contributed by atoms with Crippen molar-refractivity contribution in [2.45, 2.75) is 12.6 Å². The Balaban J connectivity index is 0.000000292. The Bertz CT molecular complexity index is 590. The predicted molar refractivity (Wildman–Crippen MR) is 86.0 cm³/mol. The molecule has 0 aliphatic carbocycles. The molecule has 9 heteroatoms. The Morgan fingerprint density at radius 2 is 1.79 bits per heavy atom. The van der Waals surface area contributed by atoms with Crippen molar-refractivity contribution in [3.63, 3.8) is 0 Å². The molecule has 1 saturated heterocycles. The third-order valence-corrected chi connectivity index (χ3v) is 3.55. The molecule has 24 heavy (non-hydrogen) atoms. The summed E-state index contributed by atoms with van der Waals surface area (Å²) >= 11 is 5.90. The summed E-state index contributed by atoms with van der Waals surface area (Å²) in [4.78, 5) is 5.76. The van der Waals surface area contributed by atoms with E-state index in [1.165, 1.54) is 0 Å². The summed E-state index contributed by atoms with van der Waals surface area (Å²) in [6.45, 7) is 3.11. The van der Waals surface area contributed by atoms with Gasteiger partial charge in [0.05, 0.1) is 10.6 Å². The Morgan fingerprint density at radius 3 is 2.33 bits per heavy atom. The first-order valence-electron chi connectivity index (χ1n) is 7.38. The van der Waals surface area contributed by atoms with E-state index < -0.39 is 11.7 Å². The summed E-state index contributed by atoms with van der Waals surface area (Å²) in [5, 5.41) is 10.3. The largest absolute Gasteiger partial charge is 0.417 e. The second-order valence-electron chi connectivity index (χ2n) is 5.03. The molecule has 0 amide bonds. The number of anilines is 1. The van der Waals surface area contributed by atoms with E-state index in [1.54, 1.807) is 12.4 Å². The van der Waals surface area contributed by atoms with Gasteiger partial charge in [-0.3, -0.25) is 0 Å². The molecule has 1 aliphatic heterocycles. The fourth-order valence-electron chi connectivity index (χ4n) is 2.13. The smallest absolute Gasteiger partial charge is 0.354 e. The van der Waals surface area contributed by atoms with E-state index in [0.717, 1.165) is 38.3 Å². The van der Waals surface area contributed by atoms with Crippen molar-refractivity contribution in [2.24, 2.45) is 0 Å². The van der Waals surface area contributed by atoms with Crippen LogP contribution in [0.5, 0.6) is 0 Å². The number of nitrogens with zero attached hydrogens (tertiary/aromatic N) is 4. The Labute approximate surface area is 142 Å². The molecule has 2 aromatic rings. The molecule has 5 nitrogen and oxygen atoms in total. The standard InChI is InChI=1S/C11H13ClF3N3.C4H4N2/c12-9-6-8(11(13,14)15)7-17-10(9)18-4-1-2-16-3-5-18;1-2-4-6-5-3-1/h6-7,16H,1-5H2;1-4H. The third-order valence-electron chi connectivity index (χ3n) is 3.27. The van der Waals surface area contributed by atoms with Gasteiger partial charge in [0.1, 0.15) is 5.82 Å². The average Bonchev–Trinajstić information content (AvgIpc) is 2.85. The SMILES string of the molecule is FC(F)(F)c1cnc(N2CCCNCC2)c(Cl)c1.c1ccnnc1. The zero-order chi connectivity index (χ0) is 17.4. The highest BCUT2D eigenvalue weighted by Gasteiger charge is 2.32. The molecule has 0 saturated carbocycles. The molecular weight excluding hydrogens is 343 g/mol. The van der Waals surface area contributed by atoms with Crippen LogP contribution in [0.4, 0.5) is 19.0 Å². The van der Waals surface area contributed by atoms with Crippen molar-refractivity contribution in [1.82, 2.24) is 20.5 Å². The van der Waals surface area contributed by atoms with Gasteiger partial charge in [-0.1, -0.05) is 11.6 Å². The molecule has 1 fully saturated rings. The number of rotatable bonds is 1. The average molecular weight is 360 g/mol. The minimum atomic E-state index is -4.41. The van der Waals surface area contributed by atoms with Gasteiger partial charge in [-0.15, -0.1) is 0 Å². The summed E-state index contributed by atoms with van der Waals surface area (Å²) in [7, 11) is 0. The van der Waals surface area contributed by atoms with Gasteiger partial charge >= 0.3 is 6.18 Å². The van der Waals surface area contributed by atoms with Crippen LogP contribution in [0.25, 0.3) is 0 Å². The van der Waals surface area contributed by atoms with Gasteiger partial charge in [-0.2, -0.15) is 23.4 Å². The molecule has 0 unspecified atom stereocenters. The van der Waals surface area contributed by atoms with Crippen molar-refractivity contribution in [3.8, 4) is 0 Å². The van der Waals surface area contributed by atoms with Crippen LogP contribution >= 0.6 is 11.6 Å². The van der Waals surface area contributed by atoms with Crippen molar-refractivity contribution in [3.05, 3.63) is 47.4 Å². The lowest BCUT2D eigenvalue weighted by Gasteiger charge is -2.22. The van der Waals surface area contributed by atoms with Crippen LogP contribution in [-0.4, -0.2) is 41.4 Å². The molecule has 1 N–H and O–H groups in total. The number of halogens is 4. The fraction of sp³-hybridized carbons (Fsp3) is 0.400. The van der Waals surface area contributed by atoms with E-state index in [4.69, 9.17) is 11.6 Å². The first-order chi connectivity index (χ1) is 11.5. The van der Waals surface area contributed by atoms with E-state index in [2.05, 4.69) is 20.5 Å². The van der Waals surface area contributed by atoms with Crippen LogP contribution < -0.4 is 10.2 Å². The molecule has 0 aromatic carbocycles. The van der Waals surface area contributed by atoms with Gasteiger partial charge < -0.3 is 10.2 Å². The van der Waals surface area contributed by atoms with Crippen LogP contribution in [0.15, 0.2) is 36.8 Å². The molecular formula is C15H17ClF3N5. The van der Waals surface area contributed by atoms with Crippen molar-refractivity contribution in [1.29, 1.82) is 0 Å². The second-order valence-corrected chi connectivity index (χ2v) is 5.44. The molecule has 0 radical (unpaired) electrons. The van der Waals surface area contributed by atoms with E-state index in [1.807, 2.05) is 17.0 Å². The van der Waals surface area contributed by atoms with Gasteiger partial charge in [0.25, 0.3) is 0 Å². The highest BCUT2D eigenvalue weighted by Crippen LogP contribution is 2.33. The Hall–Kier alpha value is -1.93. The summed E-state index contributed by atoms with van der Waals surface area (Å²) in [6.07, 6.45) is 0.619. The molecule has 0 bridgehead atoms. The molecule has 2 aromatic heterocycles. The van der Waals surface area contributed by atoms with Crippen molar-refractivity contribution < 1.29 is 13.2 Å². The normalized spacial score (nSPS) is 15.2. The number of hydrogen-bond acceptors (Lipinski definition) is 5. The number of alkyl halides is 3. The Kier molecular flexibility index (Phi) is 6.74. The quantitative estimate of drug-likeness (QED) is 0.848. The molecule has 3 heterocycles. The van der Waals surface area contributed by atoms with E-state index in [0.29, 0.717) is 12.4 Å². The minimum absolute atomic E-state index is 0.0479. The minimum Gasteiger partial charge on any atom is -0.354 e. The van der Waals surface area contributed by atoms with Gasteiger partial charge in [0.2, 0.25) is 0 Å². The Morgan fingerprint density at radius 1 is 1.08 bits per heavy atom. The zero-order valence-corrected chi connectivity index (χ0v) is 13.6. The monoisotopic (exact) mass is 359 g/mol. The highest BCUT2D eigenvalue weighted by molar-refractivity contribution is 6.33. The second kappa shape index (κ2) is 8.79. The van der Waals surface area contributed by atoms with E-state index in [-0.39, 0.29) is 5.02 Å². The van der Waals surface area contributed by atoms with Crippen LogP contribution in [0.2, 0.25) is 5.02 Å². The van der Waals surface area contributed by atoms with Crippen LogP contribution in [0.1, 0.15) is 12.0 Å².